The molecule has 4 nitrogen and oxygen atoms in total. The summed E-state index contributed by atoms with van der Waals surface area (Å²) >= 11 is 0. The topological polar surface area (TPSA) is 55.2 Å². The number of para-hydroxylation sites is 1. The summed E-state index contributed by atoms with van der Waals surface area (Å²) in [7, 11) is 0. The Labute approximate surface area is 110 Å². The number of halogens is 1. The van der Waals surface area contributed by atoms with E-state index >= 15 is 0 Å². The molecule has 0 saturated carbocycles. The van der Waals surface area contributed by atoms with E-state index in [1.165, 1.54) is 18.2 Å². The van der Waals surface area contributed by atoms with Gasteiger partial charge in [0.25, 0.3) is 5.69 Å². The summed E-state index contributed by atoms with van der Waals surface area (Å²) in [4.78, 5) is 10.5. The van der Waals surface area contributed by atoms with Gasteiger partial charge in [0.2, 0.25) is 0 Å². The predicted molar refractivity (Wildman–Crippen MR) is 71.6 cm³/mol. The first-order valence-corrected chi connectivity index (χ1v) is 5.80. The molecule has 0 unspecified atom stereocenters. The fourth-order valence-corrected chi connectivity index (χ4v) is 1.81. The molecule has 0 bridgehead atoms. The molecule has 0 aliphatic heterocycles. The number of hydrogen-bond donors (Lipinski definition) is 1. The highest BCUT2D eigenvalue weighted by molar-refractivity contribution is 5.52. The molecule has 0 saturated heterocycles. The summed E-state index contributed by atoms with van der Waals surface area (Å²) in [6.07, 6.45) is 0. The Kier molecular flexibility index (Phi) is 3.75. The number of rotatable bonds is 4. The zero-order valence-electron chi connectivity index (χ0n) is 10.4. The summed E-state index contributed by atoms with van der Waals surface area (Å²) in [6.45, 7) is 2.13. The van der Waals surface area contributed by atoms with E-state index in [0.29, 0.717) is 11.3 Å². The van der Waals surface area contributed by atoms with Gasteiger partial charge in [0, 0.05) is 23.9 Å². The Morgan fingerprint density at radius 1 is 1.26 bits per heavy atom. The largest absolute Gasteiger partial charge is 0.380 e. The van der Waals surface area contributed by atoms with Gasteiger partial charge in [-0.05, 0) is 24.6 Å². The van der Waals surface area contributed by atoms with Crippen molar-refractivity contribution in [3.05, 3.63) is 69.5 Å². The minimum absolute atomic E-state index is 0.0593. The highest BCUT2D eigenvalue weighted by atomic mass is 19.1. The summed E-state index contributed by atoms with van der Waals surface area (Å²) < 4.78 is 13.1. The second kappa shape index (κ2) is 5.48. The fraction of sp³-hybridized carbons (Fsp3) is 0.143. The number of nitrogens with zero attached hydrogens (tertiary/aromatic N) is 1. The highest BCUT2D eigenvalue weighted by Gasteiger charge is 2.12. The second-order valence-corrected chi connectivity index (χ2v) is 4.20. The number of benzene rings is 2. The Bertz CT molecular complexity index is 614. The third kappa shape index (κ3) is 3.07. The monoisotopic (exact) mass is 260 g/mol. The summed E-state index contributed by atoms with van der Waals surface area (Å²) in [5.74, 6) is -0.337. The Hall–Kier alpha value is -2.43. The first-order chi connectivity index (χ1) is 9.08. The van der Waals surface area contributed by atoms with Gasteiger partial charge in [-0.3, -0.25) is 10.1 Å². The van der Waals surface area contributed by atoms with Gasteiger partial charge in [-0.1, -0.05) is 24.3 Å². The maximum atomic E-state index is 13.1. The molecule has 1 N–H and O–H groups in total. The summed E-state index contributed by atoms with van der Waals surface area (Å²) in [6, 6.07) is 10.9. The van der Waals surface area contributed by atoms with Crippen LogP contribution in [0.1, 0.15) is 11.1 Å². The van der Waals surface area contributed by atoms with Crippen molar-refractivity contribution in [3.8, 4) is 0 Å². The predicted octanol–water partition coefficient (Wildman–Crippen LogP) is 3.65. The molecule has 0 aliphatic rings. The molecule has 2 aromatic carbocycles. The van der Waals surface area contributed by atoms with Gasteiger partial charge in [0.05, 0.1) is 4.92 Å². The van der Waals surface area contributed by atoms with Gasteiger partial charge in [-0.25, -0.2) is 4.39 Å². The van der Waals surface area contributed by atoms with Crippen molar-refractivity contribution < 1.29 is 9.31 Å². The van der Waals surface area contributed by atoms with Crippen LogP contribution in [0, 0.1) is 22.9 Å². The third-order valence-corrected chi connectivity index (χ3v) is 2.86. The summed E-state index contributed by atoms with van der Waals surface area (Å²) in [5, 5.41) is 13.9. The Morgan fingerprint density at radius 2 is 2.00 bits per heavy atom. The average Bonchev–Trinajstić information content (AvgIpc) is 2.40. The molecule has 19 heavy (non-hydrogen) atoms. The smallest absolute Gasteiger partial charge is 0.274 e. The van der Waals surface area contributed by atoms with Crippen LogP contribution in [0.5, 0.6) is 0 Å². The van der Waals surface area contributed by atoms with E-state index in [2.05, 4.69) is 5.32 Å². The van der Waals surface area contributed by atoms with Crippen LogP contribution in [0.15, 0.2) is 42.5 Å². The summed E-state index contributed by atoms with van der Waals surface area (Å²) in [5.41, 5.74) is 2.15. The van der Waals surface area contributed by atoms with Crippen molar-refractivity contribution in [1.82, 2.24) is 0 Å². The lowest BCUT2D eigenvalue weighted by atomic mass is 10.1. The van der Waals surface area contributed by atoms with Crippen molar-refractivity contribution in [2.24, 2.45) is 0 Å². The zero-order valence-corrected chi connectivity index (χ0v) is 10.4. The average molecular weight is 260 g/mol. The molecule has 0 aliphatic carbocycles. The van der Waals surface area contributed by atoms with Crippen LogP contribution in [0.4, 0.5) is 15.8 Å². The maximum Gasteiger partial charge on any atom is 0.274 e. The Morgan fingerprint density at radius 3 is 2.74 bits per heavy atom. The molecule has 5 heteroatoms. The minimum atomic E-state index is -0.421. The van der Waals surface area contributed by atoms with E-state index in [9.17, 15) is 14.5 Å². The van der Waals surface area contributed by atoms with Crippen LogP contribution in [0.3, 0.4) is 0 Å². The highest BCUT2D eigenvalue weighted by Crippen LogP contribution is 2.21. The standard InChI is InChI=1S/C14H13FN2O2/c1-10-6-7-12(15)8-13(10)16-9-11-4-2-3-5-14(11)17(18)19/h2-8,16H,9H2,1H3. The van der Waals surface area contributed by atoms with Crippen molar-refractivity contribution in [1.29, 1.82) is 0 Å². The molecule has 0 aromatic heterocycles. The minimum Gasteiger partial charge on any atom is -0.380 e. The molecule has 0 radical (unpaired) electrons. The molecule has 0 atom stereocenters. The zero-order chi connectivity index (χ0) is 13.8. The van der Waals surface area contributed by atoms with Gasteiger partial charge < -0.3 is 5.32 Å². The SMILES string of the molecule is Cc1ccc(F)cc1NCc1ccccc1[N+](=O)[O-]. The van der Waals surface area contributed by atoms with Gasteiger partial charge >= 0.3 is 0 Å². The number of aryl methyl sites for hydroxylation is 1. The van der Waals surface area contributed by atoms with E-state index in [-0.39, 0.29) is 18.0 Å². The quantitative estimate of drug-likeness (QED) is 0.674. The first-order valence-electron chi connectivity index (χ1n) is 5.80. The van der Waals surface area contributed by atoms with Crippen LogP contribution >= 0.6 is 0 Å². The maximum absolute atomic E-state index is 13.1. The number of nitro groups is 1. The van der Waals surface area contributed by atoms with Crippen LogP contribution in [-0.2, 0) is 6.54 Å². The van der Waals surface area contributed by atoms with Crippen molar-refractivity contribution in [2.45, 2.75) is 13.5 Å². The van der Waals surface area contributed by atoms with Crippen molar-refractivity contribution in [3.63, 3.8) is 0 Å². The molecule has 98 valence electrons. The lowest BCUT2D eigenvalue weighted by Crippen LogP contribution is -2.04. The number of nitrogens with one attached hydrogen (secondary N) is 1. The normalized spacial score (nSPS) is 10.2. The van der Waals surface area contributed by atoms with Gasteiger partial charge in [-0.2, -0.15) is 0 Å². The third-order valence-electron chi connectivity index (χ3n) is 2.86. The van der Waals surface area contributed by atoms with Gasteiger partial charge in [-0.15, -0.1) is 0 Å². The lowest BCUT2D eigenvalue weighted by molar-refractivity contribution is -0.385. The van der Waals surface area contributed by atoms with Gasteiger partial charge in [0.1, 0.15) is 5.82 Å². The van der Waals surface area contributed by atoms with E-state index in [4.69, 9.17) is 0 Å². The number of anilines is 1. The van der Waals surface area contributed by atoms with E-state index in [1.54, 1.807) is 24.3 Å². The van der Waals surface area contributed by atoms with Crippen LogP contribution in [0.25, 0.3) is 0 Å². The van der Waals surface area contributed by atoms with E-state index in [0.717, 1.165) is 5.56 Å². The fourth-order valence-electron chi connectivity index (χ4n) is 1.81. The van der Waals surface area contributed by atoms with E-state index in [1.807, 2.05) is 6.92 Å². The van der Waals surface area contributed by atoms with E-state index < -0.39 is 4.92 Å². The molecule has 0 spiro atoms. The van der Waals surface area contributed by atoms with Crippen molar-refractivity contribution >= 4 is 11.4 Å². The molecule has 2 rings (SSSR count). The molecular weight excluding hydrogens is 247 g/mol. The van der Waals surface area contributed by atoms with Gasteiger partial charge in [0.15, 0.2) is 0 Å². The number of hydrogen-bond acceptors (Lipinski definition) is 3. The lowest BCUT2D eigenvalue weighted by Gasteiger charge is -2.09. The first kappa shape index (κ1) is 13.0. The Balaban J connectivity index is 2.19. The van der Waals surface area contributed by atoms with Crippen LogP contribution < -0.4 is 5.32 Å². The second-order valence-electron chi connectivity index (χ2n) is 4.20. The number of nitro benzene ring substituents is 1. The molecule has 0 heterocycles. The van der Waals surface area contributed by atoms with Crippen LogP contribution in [0.2, 0.25) is 0 Å². The molecule has 2 aromatic rings. The van der Waals surface area contributed by atoms with Crippen LogP contribution in [-0.4, -0.2) is 4.92 Å². The molecule has 0 amide bonds. The van der Waals surface area contributed by atoms with Crippen molar-refractivity contribution in [2.75, 3.05) is 5.32 Å². The molecular formula is C14H13FN2O2. The molecule has 0 fully saturated rings.